The van der Waals surface area contributed by atoms with Gasteiger partial charge in [0.1, 0.15) is 0 Å². The monoisotopic (exact) mass is 286 g/mol. The average Bonchev–Trinajstić information content (AvgIpc) is 2.42. The topological polar surface area (TPSA) is 67.4 Å². The van der Waals surface area contributed by atoms with Gasteiger partial charge in [0.15, 0.2) is 0 Å². The van der Waals surface area contributed by atoms with Crippen LogP contribution in [0.5, 0.6) is 0 Å². The minimum Gasteiger partial charge on any atom is -0.385 e. The number of rotatable bonds is 9. The summed E-state index contributed by atoms with van der Waals surface area (Å²) in [6.45, 7) is 4.46. The number of nitrogens with one attached hydrogen (secondary N) is 2. The molecule has 108 valence electrons. The van der Waals surface area contributed by atoms with Crippen molar-refractivity contribution in [2.45, 2.75) is 24.8 Å². The number of ether oxygens (including phenoxy) is 1. The van der Waals surface area contributed by atoms with E-state index in [4.69, 9.17) is 4.74 Å². The maximum absolute atomic E-state index is 12.0. The number of sulfonamides is 1. The second kappa shape index (κ2) is 8.27. The van der Waals surface area contributed by atoms with Crippen molar-refractivity contribution in [3.8, 4) is 0 Å². The third-order valence-electron chi connectivity index (χ3n) is 2.61. The largest absolute Gasteiger partial charge is 0.385 e. The zero-order valence-corrected chi connectivity index (χ0v) is 12.3. The standard InChI is InChI=1S/C13H22N2O3S/c1-3-14-11-12-6-4-7-13(10-12)19(16,17)15-8-5-9-18-2/h4,6-7,10,14-15H,3,5,8-9,11H2,1-2H3. The van der Waals surface area contributed by atoms with Crippen LogP contribution >= 0.6 is 0 Å². The number of benzene rings is 1. The molecule has 0 atom stereocenters. The third kappa shape index (κ3) is 5.69. The quantitative estimate of drug-likeness (QED) is 0.667. The van der Waals surface area contributed by atoms with E-state index < -0.39 is 10.0 Å². The summed E-state index contributed by atoms with van der Waals surface area (Å²) in [6.07, 6.45) is 0.660. The minimum atomic E-state index is -3.42. The van der Waals surface area contributed by atoms with Gasteiger partial charge in [0, 0.05) is 26.8 Å². The lowest BCUT2D eigenvalue weighted by atomic mass is 10.2. The van der Waals surface area contributed by atoms with Gasteiger partial charge in [-0.25, -0.2) is 13.1 Å². The molecule has 0 saturated heterocycles. The molecule has 0 saturated carbocycles. The first-order chi connectivity index (χ1) is 9.10. The van der Waals surface area contributed by atoms with E-state index in [1.807, 2.05) is 13.0 Å². The van der Waals surface area contributed by atoms with E-state index in [9.17, 15) is 8.42 Å². The van der Waals surface area contributed by atoms with E-state index in [1.165, 1.54) is 0 Å². The molecule has 0 spiro atoms. The van der Waals surface area contributed by atoms with Crippen molar-refractivity contribution in [1.82, 2.24) is 10.0 Å². The molecule has 6 heteroatoms. The summed E-state index contributed by atoms with van der Waals surface area (Å²) in [5, 5.41) is 3.17. The van der Waals surface area contributed by atoms with E-state index in [0.717, 1.165) is 12.1 Å². The summed E-state index contributed by atoms with van der Waals surface area (Å²) < 4.78 is 31.5. The lowest BCUT2D eigenvalue weighted by Crippen LogP contribution is -2.25. The lowest BCUT2D eigenvalue weighted by molar-refractivity contribution is 0.196. The van der Waals surface area contributed by atoms with Crippen molar-refractivity contribution in [2.24, 2.45) is 0 Å². The van der Waals surface area contributed by atoms with Crippen molar-refractivity contribution >= 4 is 10.0 Å². The molecule has 0 aliphatic carbocycles. The molecule has 1 rings (SSSR count). The highest BCUT2D eigenvalue weighted by Crippen LogP contribution is 2.11. The van der Waals surface area contributed by atoms with Crippen LogP contribution in [0.25, 0.3) is 0 Å². The lowest BCUT2D eigenvalue weighted by Gasteiger charge is -2.08. The Morgan fingerprint density at radius 1 is 1.32 bits per heavy atom. The molecule has 1 aromatic rings. The fraction of sp³-hybridized carbons (Fsp3) is 0.538. The van der Waals surface area contributed by atoms with Gasteiger partial charge in [-0.15, -0.1) is 0 Å². The van der Waals surface area contributed by atoms with E-state index in [-0.39, 0.29) is 0 Å². The maximum atomic E-state index is 12.0. The van der Waals surface area contributed by atoms with Gasteiger partial charge < -0.3 is 10.1 Å². The zero-order valence-electron chi connectivity index (χ0n) is 11.5. The summed E-state index contributed by atoms with van der Waals surface area (Å²) in [7, 11) is -1.83. The number of hydrogen-bond donors (Lipinski definition) is 2. The smallest absolute Gasteiger partial charge is 0.240 e. The van der Waals surface area contributed by atoms with Crippen LogP contribution in [-0.2, 0) is 21.3 Å². The summed E-state index contributed by atoms with van der Waals surface area (Å²) in [5.41, 5.74) is 0.960. The van der Waals surface area contributed by atoms with Crippen molar-refractivity contribution in [3.05, 3.63) is 29.8 Å². The van der Waals surface area contributed by atoms with Crippen LogP contribution in [0.2, 0.25) is 0 Å². The molecule has 0 unspecified atom stereocenters. The van der Waals surface area contributed by atoms with Gasteiger partial charge in [-0.05, 0) is 30.7 Å². The van der Waals surface area contributed by atoms with Gasteiger partial charge in [-0.1, -0.05) is 19.1 Å². The predicted octanol–water partition coefficient (Wildman–Crippen LogP) is 1.11. The van der Waals surface area contributed by atoms with Crippen molar-refractivity contribution in [2.75, 3.05) is 26.8 Å². The molecule has 0 heterocycles. The SMILES string of the molecule is CCNCc1cccc(S(=O)(=O)NCCCOC)c1. The Morgan fingerprint density at radius 2 is 2.11 bits per heavy atom. The predicted molar refractivity (Wildman–Crippen MR) is 75.5 cm³/mol. The Bertz CT molecular complexity index is 475. The van der Waals surface area contributed by atoms with Gasteiger partial charge >= 0.3 is 0 Å². The molecular formula is C13H22N2O3S. The Balaban J connectivity index is 2.66. The Kier molecular flexibility index (Phi) is 7.01. The first-order valence-electron chi connectivity index (χ1n) is 6.38. The second-order valence-electron chi connectivity index (χ2n) is 4.17. The Labute approximate surface area is 115 Å². The average molecular weight is 286 g/mol. The second-order valence-corrected chi connectivity index (χ2v) is 5.94. The van der Waals surface area contributed by atoms with Crippen molar-refractivity contribution in [3.63, 3.8) is 0 Å². The number of methoxy groups -OCH3 is 1. The van der Waals surface area contributed by atoms with Crippen LogP contribution in [0.1, 0.15) is 18.9 Å². The van der Waals surface area contributed by atoms with Crippen molar-refractivity contribution < 1.29 is 13.2 Å². The number of hydrogen-bond acceptors (Lipinski definition) is 4. The highest BCUT2D eigenvalue weighted by atomic mass is 32.2. The first kappa shape index (κ1) is 16.1. The van der Waals surface area contributed by atoms with E-state index in [1.54, 1.807) is 25.3 Å². The molecule has 0 radical (unpaired) electrons. The fourth-order valence-corrected chi connectivity index (χ4v) is 2.74. The summed E-state index contributed by atoms with van der Waals surface area (Å²) in [4.78, 5) is 0.306. The van der Waals surface area contributed by atoms with Gasteiger partial charge in [0.05, 0.1) is 4.90 Å². The van der Waals surface area contributed by atoms with Crippen LogP contribution in [0, 0.1) is 0 Å². The van der Waals surface area contributed by atoms with Gasteiger partial charge in [-0.3, -0.25) is 0 Å². The van der Waals surface area contributed by atoms with Gasteiger partial charge in [-0.2, -0.15) is 0 Å². The molecule has 5 nitrogen and oxygen atoms in total. The van der Waals surface area contributed by atoms with E-state index in [0.29, 0.717) is 31.0 Å². The normalized spacial score (nSPS) is 11.7. The molecule has 0 amide bonds. The van der Waals surface area contributed by atoms with Gasteiger partial charge in [0.25, 0.3) is 0 Å². The molecule has 0 bridgehead atoms. The molecule has 19 heavy (non-hydrogen) atoms. The van der Waals surface area contributed by atoms with Crippen molar-refractivity contribution in [1.29, 1.82) is 0 Å². The van der Waals surface area contributed by atoms with Crippen LogP contribution in [0.4, 0.5) is 0 Å². The Hall–Kier alpha value is -0.950. The summed E-state index contributed by atoms with van der Waals surface area (Å²) in [6, 6.07) is 6.97. The molecule has 0 aliphatic rings. The highest BCUT2D eigenvalue weighted by molar-refractivity contribution is 7.89. The highest BCUT2D eigenvalue weighted by Gasteiger charge is 2.13. The summed E-state index contributed by atoms with van der Waals surface area (Å²) in [5.74, 6) is 0. The molecule has 1 aromatic carbocycles. The molecule has 0 aromatic heterocycles. The molecule has 0 fully saturated rings. The minimum absolute atomic E-state index is 0.306. The molecule has 0 aliphatic heterocycles. The van der Waals surface area contributed by atoms with Crippen LogP contribution < -0.4 is 10.0 Å². The molecular weight excluding hydrogens is 264 g/mol. The summed E-state index contributed by atoms with van der Waals surface area (Å²) >= 11 is 0. The maximum Gasteiger partial charge on any atom is 0.240 e. The zero-order chi connectivity index (χ0) is 14.1. The molecule has 2 N–H and O–H groups in total. The fourth-order valence-electron chi connectivity index (χ4n) is 1.60. The van der Waals surface area contributed by atoms with Crippen LogP contribution in [0.15, 0.2) is 29.2 Å². The van der Waals surface area contributed by atoms with Crippen LogP contribution in [-0.4, -0.2) is 35.2 Å². The third-order valence-corrected chi connectivity index (χ3v) is 4.06. The van der Waals surface area contributed by atoms with Crippen LogP contribution in [0.3, 0.4) is 0 Å². The van der Waals surface area contributed by atoms with E-state index >= 15 is 0 Å². The Morgan fingerprint density at radius 3 is 2.79 bits per heavy atom. The van der Waals surface area contributed by atoms with E-state index in [2.05, 4.69) is 10.0 Å². The van der Waals surface area contributed by atoms with Gasteiger partial charge in [0.2, 0.25) is 10.0 Å². The first-order valence-corrected chi connectivity index (χ1v) is 7.86.